The average molecular weight is 290 g/mol. The molecule has 0 aliphatic carbocycles. The lowest BCUT2D eigenvalue weighted by Gasteiger charge is -2.12. The molecule has 0 bridgehead atoms. The van der Waals surface area contributed by atoms with Gasteiger partial charge in [0, 0.05) is 12.1 Å². The SMILES string of the molecule is CCOc1cc(Oc2cccc(F)c2C#N)c(N)cc1F. The normalized spacial score (nSPS) is 10.0. The average Bonchev–Trinajstić information content (AvgIpc) is 2.44. The van der Waals surface area contributed by atoms with Gasteiger partial charge >= 0.3 is 0 Å². The van der Waals surface area contributed by atoms with Crippen LogP contribution in [0.25, 0.3) is 0 Å². The van der Waals surface area contributed by atoms with E-state index in [0.717, 1.165) is 12.1 Å². The predicted octanol–water partition coefficient (Wildman–Crippen LogP) is 3.61. The molecule has 2 N–H and O–H groups in total. The third-order valence-corrected chi connectivity index (χ3v) is 2.67. The second-order valence-electron chi connectivity index (χ2n) is 4.08. The summed E-state index contributed by atoms with van der Waals surface area (Å²) < 4.78 is 37.6. The van der Waals surface area contributed by atoms with E-state index in [1.807, 2.05) is 0 Å². The molecule has 0 unspecified atom stereocenters. The second-order valence-corrected chi connectivity index (χ2v) is 4.08. The lowest BCUT2D eigenvalue weighted by atomic mass is 10.2. The van der Waals surface area contributed by atoms with Gasteiger partial charge in [-0.3, -0.25) is 0 Å². The molecule has 0 heterocycles. The van der Waals surface area contributed by atoms with Crippen molar-refractivity contribution in [3.05, 3.63) is 47.5 Å². The monoisotopic (exact) mass is 290 g/mol. The minimum atomic E-state index is -0.708. The van der Waals surface area contributed by atoms with E-state index < -0.39 is 11.6 Å². The number of hydrogen-bond acceptors (Lipinski definition) is 4. The van der Waals surface area contributed by atoms with Crippen LogP contribution >= 0.6 is 0 Å². The number of anilines is 1. The molecule has 0 fully saturated rings. The van der Waals surface area contributed by atoms with Crippen molar-refractivity contribution in [2.45, 2.75) is 6.92 Å². The molecule has 21 heavy (non-hydrogen) atoms. The third-order valence-electron chi connectivity index (χ3n) is 2.67. The van der Waals surface area contributed by atoms with Crippen molar-refractivity contribution in [2.24, 2.45) is 0 Å². The molecule has 4 nitrogen and oxygen atoms in total. The van der Waals surface area contributed by atoms with Crippen LogP contribution in [0, 0.1) is 23.0 Å². The van der Waals surface area contributed by atoms with Gasteiger partial charge in [-0.15, -0.1) is 0 Å². The van der Waals surface area contributed by atoms with Crippen molar-refractivity contribution in [2.75, 3.05) is 12.3 Å². The minimum absolute atomic E-state index is 0.00161. The molecule has 0 amide bonds. The maximum Gasteiger partial charge on any atom is 0.167 e. The van der Waals surface area contributed by atoms with Crippen LogP contribution in [0.1, 0.15) is 12.5 Å². The maximum atomic E-state index is 13.6. The first kappa shape index (κ1) is 14.6. The molecule has 0 saturated heterocycles. The van der Waals surface area contributed by atoms with E-state index in [0.29, 0.717) is 0 Å². The highest BCUT2D eigenvalue weighted by Gasteiger charge is 2.14. The fraction of sp³-hybridized carbons (Fsp3) is 0.133. The quantitative estimate of drug-likeness (QED) is 0.873. The van der Waals surface area contributed by atoms with Crippen molar-refractivity contribution >= 4 is 5.69 Å². The van der Waals surface area contributed by atoms with Gasteiger partial charge in [0.15, 0.2) is 17.3 Å². The second kappa shape index (κ2) is 6.09. The number of rotatable bonds is 4. The summed E-state index contributed by atoms with van der Waals surface area (Å²) in [4.78, 5) is 0. The van der Waals surface area contributed by atoms with Crippen molar-refractivity contribution in [3.63, 3.8) is 0 Å². The molecule has 0 radical (unpaired) electrons. The largest absolute Gasteiger partial charge is 0.491 e. The lowest BCUT2D eigenvalue weighted by molar-refractivity contribution is 0.319. The van der Waals surface area contributed by atoms with Crippen molar-refractivity contribution < 1.29 is 18.3 Å². The smallest absolute Gasteiger partial charge is 0.167 e. The minimum Gasteiger partial charge on any atom is -0.491 e. The Kier molecular flexibility index (Phi) is 4.24. The van der Waals surface area contributed by atoms with E-state index >= 15 is 0 Å². The van der Waals surface area contributed by atoms with Gasteiger partial charge in [0.1, 0.15) is 23.2 Å². The van der Waals surface area contributed by atoms with E-state index in [2.05, 4.69) is 0 Å². The van der Waals surface area contributed by atoms with Gasteiger partial charge in [-0.05, 0) is 19.1 Å². The predicted molar refractivity (Wildman–Crippen MR) is 73.2 cm³/mol. The standard InChI is InChI=1S/C15H12F2N2O2/c1-2-20-14-7-15(12(19)6-11(14)17)21-13-5-3-4-10(16)9(13)8-18/h3-7H,2,19H2,1H3. The van der Waals surface area contributed by atoms with E-state index in [1.54, 1.807) is 13.0 Å². The summed E-state index contributed by atoms with van der Waals surface area (Å²) in [7, 11) is 0. The molecule has 0 saturated carbocycles. The molecular formula is C15H12F2N2O2. The number of ether oxygens (including phenoxy) is 2. The Morgan fingerprint density at radius 1 is 1.14 bits per heavy atom. The molecule has 6 heteroatoms. The number of benzene rings is 2. The number of nitrogens with two attached hydrogens (primary N) is 1. The zero-order valence-corrected chi connectivity index (χ0v) is 11.2. The Labute approximate surface area is 120 Å². The molecule has 0 spiro atoms. The Bertz CT molecular complexity index is 712. The Morgan fingerprint density at radius 3 is 2.57 bits per heavy atom. The van der Waals surface area contributed by atoms with Gasteiger partial charge in [0.25, 0.3) is 0 Å². The van der Waals surface area contributed by atoms with Crippen molar-refractivity contribution in [1.82, 2.24) is 0 Å². The molecule has 108 valence electrons. The van der Waals surface area contributed by atoms with Gasteiger partial charge in [-0.2, -0.15) is 5.26 Å². The number of halogens is 2. The van der Waals surface area contributed by atoms with Gasteiger partial charge in [0.05, 0.1) is 12.3 Å². The number of nitriles is 1. The van der Waals surface area contributed by atoms with Crippen LogP contribution in [-0.4, -0.2) is 6.61 Å². The fourth-order valence-corrected chi connectivity index (χ4v) is 1.72. The molecule has 2 rings (SSSR count). The maximum absolute atomic E-state index is 13.6. The zero-order valence-electron chi connectivity index (χ0n) is 11.2. The first-order valence-electron chi connectivity index (χ1n) is 6.15. The van der Waals surface area contributed by atoms with Gasteiger partial charge in [-0.25, -0.2) is 8.78 Å². The van der Waals surface area contributed by atoms with Gasteiger partial charge in [-0.1, -0.05) is 6.07 Å². The van der Waals surface area contributed by atoms with Crippen LogP contribution in [0.2, 0.25) is 0 Å². The summed E-state index contributed by atoms with van der Waals surface area (Å²) in [5.41, 5.74) is 5.43. The number of hydrogen-bond donors (Lipinski definition) is 1. The van der Waals surface area contributed by atoms with Crippen LogP contribution in [0.4, 0.5) is 14.5 Å². The first-order chi connectivity index (χ1) is 10.1. The molecular weight excluding hydrogens is 278 g/mol. The van der Waals surface area contributed by atoms with Crippen molar-refractivity contribution in [1.29, 1.82) is 5.26 Å². The fourth-order valence-electron chi connectivity index (χ4n) is 1.72. The van der Waals surface area contributed by atoms with E-state index in [9.17, 15) is 8.78 Å². The van der Waals surface area contributed by atoms with Gasteiger partial charge < -0.3 is 15.2 Å². The Hall–Kier alpha value is -2.81. The Morgan fingerprint density at radius 2 is 1.90 bits per heavy atom. The molecule has 0 aliphatic rings. The number of nitrogen functional groups attached to an aromatic ring is 1. The summed E-state index contributed by atoms with van der Waals surface area (Å²) in [6, 6.07) is 7.98. The van der Waals surface area contributed by atoms with E-state index in [1.165, 1.54) is 18.2 Å². The highest BCUT2D eigenvalue weighted by molar-refractivity contribution is 5.58. The zero-order chi connectivity index (χ0) is 15.4. The highest BCUT2D eigenvalue weighted by atomic mass is 19.1. The number of nitrogens with zero attached hydrogens (tertiary/aromatic N) is 1. The van der Waals surface area contributed by atoms with E-state index in [4.69, 9.17) is 20.5 Å². The highest BCUT2D eigenvalue weighted by Crippen LogP contribution is 2.35. The van der Waals surface area contributed by atoms with Crippen LogP contribution < -0.4 is 15.2 Å². The van der Waals surface area contributed by atoms with Gasteiger partial charge in [0.2, 0.25) is 0 Å². The van der Waals surface area contributed by atoms with E-state index in [-0.39, 0.29) is 35.1 Å². The topological polar surface area (TPSA) is 68.3 Å². The Balaban J connectivity index is 2.43. The van der Waals surface area contributed by atoms with Crippen LogP contribution in [-0.2, 0) is 0 Å². The molecule has 0 atom stereocenters. The molecule has 2 aromatic rings. The summed E-state index contributed by atoms with van der Waals surface area (Å²) in [5, 5.41) is 8.94. The third kappa shape index (κ3) is 3.03. The molecule has 0 aromatic heterocycles. The molecule has 2 aromatic carbocycles. The lowest BCUT2D eigenvalue weighted by Crippen LogP contribution is -2.00. The summed E-state index contributed by atoms with van der Waals surface area (Å²) in [6.07, 6.45) is 0. The van der Waals surface area contributed by atoms with Crippen LogP contribution in [0.3, 0.4) is 0 Å². The molecule has 0 aliphatic heterocycles. The first-order valence-corrected chi connectivity index (χ1v) is 6.15. The van der Waals surface area contributed by atoms with Crippen LogP contribution in [0.15, 0.2) is 30.3 Å². The summed E-state index contributed by atoms with van der Waals surface area (Å²) in [5.74, 6) is -1.28. The summed E-state index contributed by atoms with van der Waals surface area (Å²) in [6.45, 7) is 1.97. The van der Waals surface area contributed by atoms with Crippen LogP contribution in [0.5, 0.6) is 17.2 Å². The summed E-state index contributed by atoms with van der Waals surface area (Å²) >= 11 is 0. The van der Waals surface area contributed by atoms with Crippen molar-refractivity contribution in [3.8, 4) is 23.3 Å².